The van der Waals surface area contributed by atoms with Crippen LogP contribution in [0.1, 0.15) is 34.1 Å². The highest BCUT2D eigenvalue weighted by Gasteiger charge is 2.45. The quantitative estimate of drug-likeness (QED) is 0.893. The number of nitrogens with one attached hydrogen (secondary N) is 2. The third kappa shape index (κ3) is 3.88. The minimum atomic E-state index is -0.474. The third-order valence-corrected chi connectivity index (χ3v) is 3.71. The first-order valence-corrected chi connectivity index (χ1v) is 7.14. The van der Waals surface area contributed by atoms with Crippen molar-refractivity contribution in [3.63, 3.8) is 0 Å². The number of rotatable bonds is 3. The molecule has 0 bridgehead atoms. The van der Waals surface area contributed by atoms with E-state index in [0.29, 0.717) is 5.69 Å². The highest BCUT2D eigenvalue weighted by molar-refractivity contribution is 5.85. The molecule has 0 aliphatic carbocycles. The summed E-state index contributed by atoms with van der Waals surface area (Å²) in [5, 5.41) is 6.16. The second-order valence-corrected chi connectivity index (χ2v) is 6.56. The molecular weight excluding hydrogens is 268 g/mol. The molecule has 5 heteroatoms. The van der Waals surface area contributed by atoms with Crippen LogP contribution in [0.2, 0.25) is 0 Å². The van der Waals surface area contributed by atoms with Gasteiger partial charge < -0.3 is 14.8 Å². The summed E-state index contributed by atoms with van der Waals surface area (Å²) in [6, 6.07) is 7.78. The molecule has 1 atom stereocenters. The molecule has 1 aromatic rings. The number of hydrogen-bond donors (Lipinski definition) is 2. The summed E-state index contributed by atoms with van der Waals surface area (Å²) in [5.41, 5.74) is 1.27. The van der Waals surface area contributed by atoms with Gasteiger partial charge in [-0.2, -0.15) is 0 Å². The first kappa shape index (κ1) is 15.6. The van der Waals surface area contributed by atoms with E-state index in [2.05, 4.69) is 43.1 Å². The van der Waals surface area contributed by atoms with Crippen molar-refractivity contribution in [3.05, 3.63) is 24.3 Å². The molecule has 1 unspecified atom stereocenters. The summed E-state index contributed by atoms with van der Waals surface area (Å²) in [4.78, 5) is 11.3. The van der Waals surface area contributed by atoms with E-state index in [1.165, 1.54) is 7.11 Å². The molecule has 1 aromatic carbocycles. The smallest absolute Gasteiger partial charge is 0.411 e. The van der Waals surface area contributed by atoms with Crippen LogP contribution in [0.15, 0.2) is 24.3 Å². The zero-order valence-corrected chi connectivity index (χ0v) is 13.3. The number of benzene rings is 1. The van der Waals surface area contributed by atoms with Crippen molar-refractivity contribution in [2.24, 2.45) is 0 Å². The van der Waals surface area contributed by atoms with Crippen LogP contribution in [-0.4, -0.2) is 30.4 Å². The van der Waals surface area contributed by atoms with Crippen LogP contribution in [0.25, 0.3) is 0 Å². The molecule has 0 aromatic heterocycles. The Hall–Kier alpha value is -1.75. The largest absolute Gasteiger partial charge is 0.453 e. The van der Waals surface area contributed by atoms with Gasteiger partial charge in [-0.05, 0) is 52.3 Å². The maximum atomic E-state index is 11.3. The Bertz CT molecular complexity index is 526. The number of amides is 1. The molecule has 116 valence electrons. The van der Waals surface area contributed by atoms with Gasteiger partial charge in [0.25, 0.3) is 0 Å². The SMILES string of the molecule is COC(=O)Nc1cccc(NC2CC(C)(C)OC2(C)C)c1. The first-order valence-electron chi connectivity index (χ1n) is 7.14. The van der Waals surface area contributed by atoms with Gasteiger partial charge in [-0.25, -0.2) is 4.79 Å². The van der Waals surface area contributed by atoms with Crippen molar-refractivity contribution in [1.82, 2.24) is 0 Å². The van der Waals surface area contributed by atoms with Gasteiger partial charge in [-0.1, -0.05) is 6.07 Å². The zero-order chi connectivity index (χ0) is 15.7. The van der Waals surface area contributed by atoms with Crippen LogP contribution in [-0.2, 0) is 9.47 Å². The number of carbonyl (C=O) groups is 1. The van der Waals surface area contributed by atoms with Crippen molar-refractivity contribution in [2.75, 3.05) is 17.7 Å². The van der Waals surface area contributed by atoms with Crippen LogP contribution < -0.4 is 10.6 Å². The van der Waals surface area contributed by atoms with Crippen molar-refractivity contribution in [1.29, 1.82) is 0 Å². The van der Waals surface area contributed by atoms with E-state index in [9.17, 15) is 4.79 Å². The van der Waals surface area contributed by atoms with Crippen LogP contribution in [0, 0.1) is 0 Å². The highest BCUT2D eigenvalue weighted by Crippen LogP contribution is 2.39. The van der Waals surface area contributed by atoms with Crippen molar-refractivity contribution in [2.45, 2.75) is 51.4 Å². The maximum Gasteiger partial charge on any atom is 0.411 e. The lowest BCUT2D eigenvalue weighted by molar-refractivity contribution is -0.0662. The van der Waals surface area contributed by atoms with Gasteiger partial charge in [0.1, 0.15) is 0 Å². The van der Waals surface area contributed by atoms with E-state index in [0.717, 1.165) is 12.1 Å². The summed E-state index contributed by atoms with van der Waals surface area (Å²) >= 11 is 0. The fourth-order valence-electron chi connectivity index (χ4n) is 2.84. The van der Waals surface area contributed by atoms with E-state index in [4.69, 9.17) is 4.74 Å². The van der Waals surface area contributed by atoms with Gasteiger partial charge in [0, 0.05) is 11.4 Å². The van der Waals surface area contributed by atoms with Crippen molar-refractivity contribution < 1.29 is 14.3 Å². The van der Waals surface area contributed by atoms with Gasteiger partial charge in [0.15, 0.2) is 0 Å². The number of anilines is 2. The van der Waals surface area contributed by atoms with E-state index in [1.807, 2.05) is 24.3 Å². The van der Waals surface area contributed by atoms with Gasteiger partial charge in [-0.15, -0.1) is 0 Å². The average molecular weight is 292 g/mol. The Morgan fingerprint density at radius 2 is 1.95 bits per heavy atom. The number of ether oxygens (including phenoxy) is 2. The Kier molecular flexibility index (Phi) is 4.14. The van der Waals surface area contributed by atoms with Crippen molar-refractivity contribution >= 4 is 17.5 Å². The van der Waals surface area contributed by atoms with Gasteiger partial charge in [-0.3, -0.25) is 5.32 Å². The van der Waals surface area contributed by atoms with Crippen LogP contribution >= 0.6 is 0 Å². The minimum absolute atomic E-state index is 0.136. The second-order valence-electron chi connectivity index (χ2n) is 6.56. The lowest BCUT2D eigenvalue weighted by Gasteiger charge is -2.28. The fraction of sp³-hybridized carbons (Fsp3) is 0.562. The van der Waals surface area contributed by atoms with Gasteiger partial charge in [0.05, 0.1) is 24.4 Å². The van der Waals surface area contributed by atoms with E-state index in [1.54, 1.807) is 0 Å². The predicted octanol–water partition coefficient (Wildman–Crippen LogP) is 3.62. The molecule has 5 nitrogen and oxygen atoms in total. The van der Waals surface area contributed by atoms with E-state index < -0.39 is 6.09 Å². The Morgan fingerprint density at radius 1 is 1.29 bits per heavy atom. The number of hydrogen-bond acceptors (Lipinski definition) is 4. The zero-order valence-electron chi connectivity index (χ0n) is 13.3. The Morgan fingerprint density at radius 3 is 2.52 bits per heavy atom. The van der Waals surface area contributed by atoms with Gasteiger partial charge >= 0.3 is 6.09 Å². The molecule has 0 saturated carbocycles. The molecule has 1 amide bonds. The topological polar surface area (TPSA) is 59.6 Å². The minimum Gasteiger partial charge on any atom is -0.453 e. The molecular formula is C16H24N2O3. The normalized spacial score (nSPS) is 22.6. The lowest BCUT2D eigenvalue weighted by atomic mass is 9.94. The predicted molar refractivity (Wildman–Crippen MR) is 83.7 cm³/mol. The van der Waals surface area contributed by atoms with Crippen LogP contribution in [0.5, 0.6) is 0 Å². The molecule has 2 rings (SSSR count). The second kappa shape index (κ2) is 5.56. The summed E-state index contributed by atoms with van der Waals surface area (Å²) in [6.07, 6.45) is 0.451. The maximum absolute atomic E-state index is 11.3. The van der Waals surface area contributed by atoms with Crippen LogP contribution in [0.4, 0.5) is 16.2 Å². The Balaban J connectivity index is 2.10. The number of carbonyl (C=O) groups excluding carboxylic acids is 1. The van der Waals surface area contributed by atoms with E-state index in [-0.39, 0.29) is 17.2 Å². The summed E-state index contributed by atoms with van der Waals surface area (Å²) in [7, 11) is 1.35. The highest BCUT2D eigenvalue weighted by atomic mass is 16.5. The standard InChI is InChI=1S/C16H24N2O3/c1-15(2)10-13(16(3,4)21-15)17-11-7-6-8-12(9-11)18-14(19)20-5/h6-9,13,17H,10H2,1-5H3,(H,18,19). The lowest BCUT2D eigenvalue weighted by Crippen LogP contribution is -2.38. The van der Waals surface area contributed by atoms with E-state index >= 15 is 0 Å². The van der Waals surface area contributed by atoms with Crippen molar-refractivity contribution in [3.8, 4) is 0 Å². The summed E-state index contributed by atoms with van der Waals surface area (Å²) < 4.78 is 10.7. The molecule has 1 heterocycles. The molecule has 1 aliphatic rings. The number of methoxy groups -OCH3 is 1. The molecule has 0 spiro atoms. The summed E-state index contributed by atoms with van der Waals surface area (Å²) in [5.74, 6) is 0. The molecule has 2 N–H and O–H groups in total. The summed E-state index contributed by atoms with van der Waals surface area (Å²) in [6.45, 7) is 8.39. The fourth-order valence-corrected chi connectivity index (χ4v) is 2.84. The Labute approximate surface area is 126 Å². The molecule has 1 saturated heterocycles. The molecule has 1 fully saturated rings. The monoisotopic (exact) mass is 292 g/mol. The molecule has 1 aliphatic heterocycles. The first-order chi connectivity index (χ1) is 9.72. The average Bonchev–Trinajstić information content (AvgIpc) is 2.57. The van der Waals surface area contributed by atoms with Gasteiger partial charge in [0.2, 0.25) is 0 Å². The van der Waals surface area contributed by atoms with Crippen LogP contribution in [0.3, 0.4) is 0 Å². The third-order valence-electron chi connectivity index (χ3n) is 3.71. The molecule has 0 radical (unpaired) electrons. The molecule has 21 heavy (non-hydrogen) atoms.